The van der Waals surface area contributed by atoms with Gasteiger partial charge in [-0.25, -0.2) is 0 Å². The second-order valence-electron chi connectivity index (χ2n) is 6.32. The standard InChI is InChI=1S/C19H15Cl3N4O2/c1-11-19(26-10-23-9-24-26)18(15-5-4-14(21)7-17(15)28-11)25-27-8-12-2-3-13(20)6-16(12)22/h2-7,9-11,19H,8H2,1H3/p+1/b25-18-/t11-,19-/m0/s1. The zero-order chi connectivity index (χ0) is 19.7. The van der Waals surface area contributed by atoms with E-state index in [4.69, 9.17) is 44.4 Å². The number of rotatable bonds is 4. The predicted octanol–water partition coefficient (Wildman–Crippen LogP) is 4.60. The summed E-state index contributed by atoms with van der Waals surface area (Å²) in [6.45, 7) is 2.16. The van der Waals surface area contributed by atoms with E-state index in [1.54, 1.807) is 36.9 Å². The second-order valence-corrected chi connectivity index (χ2v) is 7.60. The molecule has 0 aliphatic carbocycles. The van der Waals surface area contributed by atoms with Crippen molar-refractivity contribution in [1.82, 2.24) is 10.1 Å². The molecule has 2 heterocycles. The number of fused-ring (bicyclic) bond motifs is 1. The quantitative estimate of drug-likeness (QED) is 0.478. The molecule has 144 valence electrons. The van der Waals surface area contributed by atoms with Crippen molar-refractivity contribution < 1.29 is 14.3 Å². The molecule has 1 aliphatic rings. The Morgan fingerprint density at radius 3 is 2.71 bits per heavy atom. The highest BCUT2D eigenvalue weighted by atomic mass is 35.5. The monoisotopic (exact) mass is 437 g/mol. The van der Waals surface area contributed by atoms with Crippen LogP contribution in [0.1, 0.15) is 24.1 Å². The van der Waals surface area contributed by atoms with Crippen LogP contribution in [0.5, 0.6) is 5.75 Å². The van der Waals surface area contributed by atoms with Gasteiger partial charge in [-0.1, -0.05) is 46.0 Å². The van der Waals surface area contributed by atoms with Crippen LogP contribution in [0.4, 0.5) is 0 Å². The number of nitrogens with zero attached hydrogens (tertiary/aromatic N) is 3. The van der Waals surface area contributed by atoms with Crippen LogP contribution in [0, 0.1) is 0 Å². The molecule has 2 atom stereocenters. The molecule has 2 aromatic carbocycles. The van der Waals surface area contributed by atoms with Gasteiger partial charge in [0.05, 0.1) is 0 Å². The van der Waals surface area contributed by atoms with Gasteiger partial charge in [0, 0.05) is 26.2 Å². The number of aromatic nitrogens is 3. The van der Waals surface area contributed by atoms with E-state index in [0.29, 0.717) is 26.5 Å². The van der Waals surface area contributed by atoms with Crippen LogP contribution in [-0.2, 0) is 11.4 Å². The lowest BCUT2D eigenvalue weighted by Crippen LogP contribution is -2.54. The zero-order valence-corrected chi connectivity index (χ0v) is 17.0. The van der Waals surface area contributed by atoms with Gasteiger partial charge in [-0.2, -0.15) is 5.10 Å². The lowest BCUT2D eigenvalue weighted by atomic mass is 9.95. The first kappa shape index (κ1) is 19.1. The Morgan fingerprint density at radius 1 is 1.18 bits per heavy atom. The Hall–Kier alpha value is -2.28. The number of halogens is 3. The van der Waals surface area contributed by atoms with E-state index < -0.39 is 0 Å². The Labute approximate surface area is 176 Å². The van der Waals surface area contributed by atoms with Crippen molar-refractivity contribution in [2.24, 2.45) is 5.16 Å². The van der Waals surface area contributed by atoms with Crippen LogP contribution in [0.2, 0.25) is 15.1 Å². The van der Waals surface area contributed by atoms with Crippen LogP contribution in [-0.4, -0.2) is 21.9 Å². The summed E-state index contributed by atoms with van der Waals surface area (Å²) in [6.07, 6.45) is 3.05. The molecular weight excluding hydrogens is 423 g/mol. The van der Waals surface area contributed by atoms with Crippen LogP contribution in [0.3, 0.4) is 0 Å². The lowest BCUT2D eigenvalue weighted by molar-refractivity contribution is -0.765. The molecule has 4 rings (SSSR count). The molecule has 0 amide bonds. The highest BCUT2D eigenvalue weighted by molar-refractivity contribution is 6.35. The number of oxime groups is 1. The number of aromatic amines is 1. The average molecular weight is 439 g/mol. The molecule has 0 saturated heterocycles. The maximum Gasteiger partial charge on any atom is 0.307 e. The lowest BCUT2D eigenvalue weighted by Gasteiger charge is -2.29. The van der Waals surface area contributed by atoms with Crippen molar-refractivity contribution in [2.45, 2.75) is 25.7 Å². The fourth-order valence-electron chi connectivity index (χ4n) is 3.11. The normalized spacial score (nSPS) is 19.9. The molecule has 0 bridgehead atoms. The first-order valence-electron chi connectivity index (χ1n) is 8.53. The minimum Gasteiger partial charge on any atom is -0.485 e. The van der Waals surface area contributed by atoms with E-state index in [2.05, 4.69) is 15.2 Å². The van der Waals surface area contributed by atoms with Gasteiger partial charge in [-0.15, -0.1) is 4.68 Å². The molecule has 9 heteroatoms. The highest BCUT2D eigenvalue weighted by Gasteiger charge is 2.39. The van der Waals surface area contributed by atoms with Crippen LogP contribution < -0.4 is 9.42 Å². The number of benzene rings is 2. The van der Waals surface area contributed by atoms with Gasteiger partial charge >= 0.3 is 6.33 Å². The third-order valence-electron chi connectivity index (χ3n) is 4.43. The summed E-state index contributed by atoms with van der Waals surface area (Å²) in [6, 6.07) is 10.4. The minimum atomic E-state index is -0.253. The Balaban J connectivity index is 1.68. The first-order chi connectivity index (χ1) is 13.5. The molecule has 0 unspecified atom stereocenters. The Bertz CT molecular complexity index is 1020. The number of H-pyrrole nitrogens is 1. The van der Waals surface area contributed by atoms with E-state index in [9.17, 15) is 0 Å². The summed E-state index contributed by atoms with van der Waals surface area (Å²) >= 11 is 18.3. The van der Waals surface area contributed by atoms with Gasteiger partial charge in [0.15, 0.2) is 0 Å². The van der Waals surface area contributed by atoms with Gasteiger partial charge in [-0.3, -0.25) is 0 Å². The van der Waals surface area contributed by atoms with Crippen molar-refractivity contribution in [3.8, 4) is 5.75 Å². The van der Waals surface area contributed by atoms with Gasteiger partial charge in [0.1, 0.15) is 24.2 Å². The smallest absolute Gasteiger partial charge is 0.307 e. The number of hydrogen-bond donors (Lipinski definition) is 1. The average Bonchev–Trinajstić information content (AvgIpc) is 3.17. The van der Waals surface area contributed by atoms with Gasteiger partial charge < -0.3 is 9.57 Å². The number of nitrogens with one attached hydrogen (secondary N) is 1. The molecule has 0 radical (unpaired) electrons. The van der Waals surface area contributed by atoms with Crippen molar-refractivity contribution in [2.75, 3.05) is 0 Å². The van der Waals surface area contributed by atoms with Crippen LogP contribution >= 0.6 is 34.8 Å². The van der Waals surface area contributed by atoms with Crippen LogP contribution in [0.15, 0.2) is 54.2 Å². The van der Waals surface area contributed by atoms with Crippen molar-refractivity contribution in [3.05, 3.63) is 75.2 Å². The molecule has 0 fully saturated rings. The molecular formula is C19H16Cl3N4O2+. The topological polar surface area (TPSA) is 63.4 Å². The van der Waals surface area contributed by atoms with Crippen molar-refractivity contribution >= 4 is 40.5 Å². The second kappa shape index (κ2) is 7.99. The fraction of sp³-hybridized carbons (Fsp3) is 0.211. The van der Waals surface area contributed by atoms with E-state index in [0.717, 1.165) is 11.1 Å². The number of hydrogen-bond acceptors (Lipinski definition) is 4. The van der Waals surface area contributed by atoms with Crippen molar-refractivity contribution in [3.63, 3.8) is 0 Å². The molecule has 0 saturated carbocycles. The first-order valence-corrected chi connectivity index (χ1v) is 9.66. The van der Waals surface area contributed by atoms with Crippen LogP contribution in [0.25, 0.3) is 0 Å². The molecule has 6 nitrogen and oxygen atoms in total. The molecule has 1 aliphatic heterocycles. The molecule has 1 aromatic heterocycles. The predicted molar refractivity (Wildman–Crippen MR) is 107 cm³/mol. The minimum absolute atomic E-state index is 0.206. The Kier molecular flexibility index (Phi) is 5.44. The number of ether oxygens (including phenoxy) is 1. The SMILES string of the molecule is C[C@@H]1Oc2cc(Cl)ccc2/C(=N/OCc2ccc(Cl)cc2Cl)[C@H]1[n+]1cnc[nH]1. The summed E-state index contributed by atoms with van der Waals surface area (Å²) in [5.74, 6) is 0.656. The van der Waals surface area contributed by atoms with E-state index in [1.165, 1.54) is 0 Å². The third kappa shape index (κ3) is 3.81. The molecule has 3 aromatic rings. The maximum atomic E-state index is 6.22. The largest absolute Gasteiger partial charge is 0.485 e. The van der Waals surface area contributed by atoms with E-state index in [1.807, 2.05) is 23.7 Å². The van der Waals surface area contributed by atoms with Gasteiger partial charge in [-0.05, 0) is 42.2 Å². The van der Waals surface area contributed by atoms with E-state index >= 15 is 0 Å². The third-order valence-corrected chi connectivity index (χ3v) is 5.25. The Morgan fingerprint density at radius 2 is 1.96 bits per heavy atom. The van der Waals surface area contributed by atoms with E-state index in [-0.39, 0.29) is 18.8 Å². The summed E-state index contributed by atoms with van der Waals surface area (Å²) < 4.78 is 7.87. The summed E-state index contributed by atoms with van der Waals surface area (Å²) in [4.78, 5) is 9.76. The summed E-state index contributed by atoms with van der Waals surface area (Å²) in [5.41, 5.74) is 2.29. The molecule has 1 N–H and O–H groups in total. The van der Waals surface area contributed by atoms with Gasteiger partial charge in [0.2, 0.25) is 12.4 Å². The van der Waals surface area contributed by atoms with Crippen molar-refractivity contribution in [1.29, 1.82) is 0 Å². The molecule has 0 spiro atoms. The molecule has 28 heavy (non-hydrogen) atoms. The summed E-state index contributed by atoms with van der Waals surface area (Å²) in [5, 5.41) is 9.18. The zero-order valence-electron chi connectivity index (χ0n) is 14.8. The van der Waals surface area contributed by atoms with Gasteiger partial charge in [0.25, 0.3) is 0 Å². The highest BCUT2D eigenvalue weighted by Crippen LogP contribution is 2.34. The maximum absolute atomic E-state index is 6.22. The summed E-state index contributed by atoms with van der Waals surface area (Å²) in [7, 11) is 0. The fourth-order valence-corrected chi connectivity index (χ4v) is 3.74.